The average molecular weight is 242 g/mol. The second-order valence-corrected chi connectivity index (χ2v) is 5.39. The molecule has 0 aromatic rings. The number of hydrogen-bond acceptors (Lipinski definition) is 3. The van der Waals surface area contributed by atoms with Gasteiger partial charge in [-0.15, -0.1) is 0 Å². The Hall–Kier alpha value is -0.690. The van der Waals surface area contributed by atoms with Gasteiger partial charge in [0.1, 0.15) is 5.41 Å². The molecule has 1 amide bonds. The van der Waals surface area contributed by atoms with Crippen molar-refractivity contribution in [1.29, 1.82) is 5.26 Å². The molecular weight excluding hydrogens is 220 g/mol. The summed E-state index contributed by atoms with van der Waals surface area (Å²) in [5.41, 5.74) is -0.904. The maximum absolute atomic E-state index is 11.5. The molecule has 0 radical (unpaired) electrons. The number of thioether (sulfide) groups is 1. The van der Waals surface area contributed by atoms with Crippen LogP contribution >= 0.6 is 11.8 Å². The van der Waals surface area contributed by atoms with E-state index < -0.39 is 5.41 Å². The molecule has 0 rings (SSSR count). The fourth-order valence-corrected chi connectivity index (χ4v) is 1.69. The quantitative estimate of drug-likeness (QED) is 0.666. The molecule has 1 N–H and O–H groups in total. The Kier molecular flexibility index (Phi) is 8.10. The van der Waals surface area contributed by atoms with Crippen molar-refractivity contribution in [2.24, 2.45) is 5.41 Å². The zero-order valence-electron chi connectivity index (χ0n) is 10.5. The number of nitriles is 1. The summed E-state index contributed by atoms with van der Waals surface area (Å²) >= 11 is 1.87. The first-order valence-electron chi connectivity index (χ1n) is 5.73. The molecule has 0 saturated carbocycles. The van der Waals surface area contributed by atoms with Gasteiger partial charge >= 0.3 is 0 Å². The Balaban J connectivity index is 3.46. The molecule has 0 unspecified atom stereocenters. The molecule has 16 heavy (non-hydrogen) atoms. The molecule has 4 heteroatoms. The zero-order chi connectivity index (χ0) is 12.4. The summed E-state index contributed by atoms with van der Waals surface area (Å²) in [6.45, 7) is 3.96. The van der Waals surface area contributed by atoms with Crippen molar-refractivity contribution < 1.29 is 4.79 Å². The van der Waals surface area contributed by atoms with Crippen molar-refractivity contribution in [3.63, 3.8) is 0 Å². The van der Waals surface area contributed by atoms with Crippen LogP contribution in [0.2, 0.25) is 0 Å². The molecule has 0 aliphatic carbocycles. The third-order valence-corrected chi connectivity index (χ3v) is 3.10. The maximum atomic E-state index is 11.5. The fourth-order valence-electron chi connectivity index (χ4n) is 1.20. The Labute approximate surface area is 103 Å². The SMILES string of the molecule is CSCCCCCCNC(=O)C(C)(C)C#N. The van der Waals surface area contributed by atoms with Gasteiger partial charge in [-0.25, -0.2) is 0 Å². The van der Waals surface area contributed by atoms with Crippen LogP contribution in [0.1, 0.15) is 39.5 Å². The smallest absolute Gasteiger partial charge is 0.239 e. The number of amides is 1. The van der Waals surface area contributed by atoms with E-state index in [2.05, 4.69) is 11.6 Å². The van der Waals surface area contributed by atoms with Crippen LogP contribution in [0.25, 0.3) is 0 Å². The summed E-state index contributed by atoms with van der Waals surface area (Å²) in [7, 11) is 0. The summed E-state index contributed by atoms with van der Waals surface area (Å²) in [5, 5.41) is 11.5. The molecule has 0 saturated heterocycles. The van der Waals surface area contributed by atoms with Crippen LogP contribution in [0.15, 0.2) is 0 Å². The Morgan fingerprint density at radius 3 is 2.50 bits per heavy atom. The van der Waals surface area contributed by atoms with Gasteiger partial charge < -0.3 is 5.32 Å². The third-order valence-electron chi connectivity index (χ3n) is 2.41. The zero-order valence-corrected chi connectivity index (χ0v) is 11.3. The van der Waals surface area contributed by atoms with E-state index in [-0.39, 0.29) is 5.91 Å². The van der Waals surface area contributed by atoms with Crippen LogP contribution < -0.4 is 5.32 Å². The highest BCUT2D eigenvalue weighted by Crippen LogP contribution is 2.12. The lowest BCUT2D eigenvalue weighted by molar-refractivity contribution is -0.126. The first-order valence-corrected chi connectivity index (χ1v) is 7.12. The van der Waals surface area contributed by atoms with Gasteiger partial charge in [0.05, 0.1) is 6.07 Å². The number of rotatable bonds is 8. The molecule has 0 atom stereocenters. The Morgan fingerprint density at radius 2 is 1.94 bits per heavy atom. The lowest BCUT2D eigenvalue weighted by Crippen LogP contribution is -2.36. The van der Waals surface area contributed by atoms with Gasteiger partial charge in [0, 0.05) is 6.54 Å². The fraction of sp³-hybridized carbons (Fsp3) is 0.833. The first kappa shape index (κ1) is 15.3. The van der Waals surface area contributed by atoms with Crippen molar-refractivity contribution in [3.8, 4) is 6.07 Å². The van der Waals surface area contributed by atoms with Crippen LogP contribution in [-0.2, 0) is 4.79 Å². The predicted octanol–water partition coefficient (Wildman–Crippen LogP) is 2.58. The van der Waals surface area contributed by atoms with E-state index in [0.29, 0.717) is 6.54 Å². The van der Waals surface area contributed by atoms with Crippen molar-refractivity contribution in [2.45, 2.75) is 39.5 Å². The number of nitrogens with zero attached hydrogens (tertiary/aromatic N) is 1. The molecule has 0 aliphatic rings. The number of hydrogen-bond donors (Lipinski definition) is 1. The van der Waals surface area contributed by atoms with Crippen LogP contribution in [0.4, 0.5) is 0 Å². The molecule has 3 nitrogen and oxygen atoms in total. The van der Waals surface area contributed by atoms with Crippen LogP contribution in [0.3, 0.4) is 0 Å². The molecule has 0 bridgehead atoms. The van der Waals surface area contributed by atoms with Crippen LogP contribution in [0, 0.1) is 16.7 Å². The Morgan fingerprint density at radius 1 is 1.31 bits per heavy atom. The predicted molar refractivity (Wildman–Crippen MR) is 69.3 cm³/mol. The van der Waals surface area contributed by atoms with Gasteiger partial charge in [-0.3, -0.25) is 4.79 Å². The summed E-state index contributed by atoms with van der Waals surface area (Å²) < 4.78 is 0. The van der Waals surface area contributed by atoms with Crippen LogP contribution in [0.5, 0.6) is 0 Å². The minimum atomic E-state index is -0.904. The normalized spacial score (nSPS) is 10.9. The second-order valence-electron chi connectivity index (χ2n) is 4.40. The van der Waals surface area contributed by atoms with E-state index in [4.69, 9.17) is 5.26 Å². The van der Waals surface area contributed by atoms with Gasteiger partial charge in [0.2, 0.25) is 5.91 Å². The van der Waals surface area contributed by atoms with E-state index in [1.165, 1.54) is 18.6 Å². The minimum absolute atomic E-state index is 0.167. The van der Waals surface area contributed by atoms with E-state index in [0.717, 1.165) is 12.8 Å². The molecular formula is C12H22N2OS. The van der Waals surface area contributed by atoms with Crippen molar-refractivity contribution in [3.05, 3.63) is 0 Å². The van der Waals surface area contributed by atoms with E-state index in [1.807, 2.05) is 17.8 Å². The maximum Gasteiger partial charge on any atom is 0.239 e. The summed E-state index contributed by atoms with van der Waals surface area (Å²) in [4.78, 5) is 11.5. The molecule has 0 aromatic carbocycles. The van der Waals surface area contributed by atoms with E-state index >= 15 is 0 Å². The topological polar surface area (TPSA) is 52.9 Å². The molecule has 92 valence electrons. The number of nitrogens with one attached hydrogen (secondary N) is 1. The number of carbonyl (C=O) groups excluding carboxylic acids is 1. The first-order chi connectivity index (χ1) is 7.54. The van der Waals surface area contributed by atoms with Crippen molar-refractivity contribution in [2.75, 3.05) is 18.6 Å². The summed E-state index contributed by atoms with van der Waals surface area (Å²) in [6, 6.07) is 2.00. The van der Waals surface area contributed by atoms with E-state index in [1.54, 1.807) is 13.8 Å². The molecule has 0 aromatic heterocycles. The highest BCUT2D eigenvalue weighted by molar-refractivity contribution is 7.98. The van der Waals surface area contributed by atoms with Gasteiger partial charge in [-0.2, -0.15) is 17.0 Å². The van der Waals surface area contributed by atoms with Gasteiger partial charge in [-0.05, 0) is 38.7 Å². The Bertz CT molecular complexity index is 246. The minimum Gasteiger partial charge on any atom is -0.355 e. The van der Waals surface area contributed by atoms with E-state index in [9.17, 15) is 4.79 Å². The van der Waals surface area contributed by atoms with Gasteiger partial charge in [-0.1, -0.05) is 12.8 Å². The van der Waals surface area contributed by atoms with Gasteiger partial charge in [0.25, 0.3) is 0 Å². The second kappa shape index (κ2) is 8.46. The summed E-state index contributed by atoms with van der Waals surface area (Å²) in [5.74, 6) is 1.05. The van der Waals surface area contributed by atoms with Crippen molar-refractivity contribution >= 4 is 17.7 Å². The van der Waals surface area contributed by atoms with Crippen molar-refractivity contribution in [1.82, 2.24) is 5.32 Å². The standard InChI is InChI=1S/C12H22N2OS/c1-12(2,10-13)11(15)14-8-6-4-5-7-9-16-3/h4-9H2,1-3H3,(H,14,15). The van der Waals surface area contributed by atoms with Crippen LogP contribution in [-0.4, -0.2) is 24.5 Å². The highest BCUT2D eigenvalue weighted by atomic mass is 32.2. The largest absolute Gasteiger partial charge is 0.355 e. The monoisotopic (exact) mass is 242 g/mol. The third kappa shape index (κ3) is 6.73. The average Bonchev–Trinajstić information content (AvgIpc) is 2.27. The summed E-state index contributed by atoms with van der Waals surface area (Å²) in [6.07, 6.45) is 6.73. The number of carbonyl (C=O) groups is 1. The lowest BCUT2D eigenvalue weighted by atomic mass is 9.95. The molecule has 0 heterocycles. The highest BCUT2D eigenvalue weighted by Gasteiger charge is 2.26. The lowest BCUT2D eigenvalue weighted by Gasteiger charge is -2.14. The molecule has 0 aliphatic heterocycles. The molecule has 0 fully saturated rings. The number of unbranched alkanes of at least 4 members (excludes halogenated alkanes) is 3. The van der Waals surface area contributed by atoms with Gasteiger partial charge in [0.15, 0.2) is 0 Å². The molecule has 0 spiro atoms.